The molecule has 12 heavy (non-hydrogen) atoms. The summed E-state index contributed by atoms with van der Waals surface area (Å²) in [7, 11) is -0.783. The van der Waals surface area contributed by atoms with E-state index >= 15 is 0 Å². The molecule has 0 aliphatic rings. The molecule has 0 unspecified atom stereocenters. The first-order chi connectivity index (χ1) is 5.74. The van der Waals surface area contributed by atoms with Gasteiger partial charge in [-0.1, -0.05) is 0 Å². The molecule has 0 heterocycles. The number of halogens is 1. The van der Waals surface area contributed by atoms with E-state index < -0.39 is 7.26 Å². The Kier molecular flexibility index (Phi) is 8.28. The summed E-state index contributed by atoms with van der Waals surface area (Å²) in [5, 5.41) is 0. The maximum absolute atomic E-state index is 2.63. The van der Waals surface area contributed by atoms with E-state index in [0.29, 0.717) is 0 Å². The van der Waals surface area contributed by atoms with Gasteiger partial charge in [-0.05, 0) is 0 Å². The van der Waals surface area contributed by atoms with Crippen molar-refractivity contribution in [3.05, 3.63) is 0 Å². The first kappa shape index (κ1) is 13.2. The number of alkyl halides is 1. The van der Waals surface area contributed by atoms with Crippen LogP contribution < -0.4 is 0 Å². The summed E-state index contributed by atoms with van der Waals surface area (Å²) in [6.45, 7) is 7.04. The minimum atomic E-state index is -0.783. The van der Waals surface area contributed by atoms with Crippen molar-refractivity contribution in [2.45, 2.75) is 40.0 Å². The fourth-order valence-electron chi connectivity index (χ4n) is 2.17. The van der Waals surface area contributed by atoms with Crippen molar-refractivity contribution in [2.24, 2.45) is 0 Å². The van der Waals surface area contributed by atoms with Gasteiger partial charge in [0.05, 0.1) is 0 Å². The van der Waals surface area contributed by atoms with Crippen molar-refractivity contribution in [3.63, 3.8) is 0 Å². The third kappa shape index (κ3) is 4.41. The van der Waals surface area contributed by atoms with Gasteiger partial charge in [-0.2, -0.15) is 0 Å². The third-order valence-electron chi connectivity index (χ3n) is 2.62. The molecule has 0 N–H and O–H groups in total. The van der Waals surface area contributed by atoms with Crippen LogP contribution in [0.2, 0.25) is 0 Å². The van der Waals surface area contributed by atoms with Crippen LogP contribution in [0.1, 0.15) is 40.0 Å². The van der Waals surface area contributed by atoms with E-state index in [1.54, 1.807) is 18.5 Å². The molecule has 0 bridgehead atoms. The van der Waals surface area contributed by atoms with Gasteiger partial charge < -0.3 is 0 Å². The van der Waals surface area contributed by atoms with Gasteiger partial charge in [0, 0.05) is 0 Å². The van der Waals surface area contributed by atoms with Crippen LogP contribution in [0.15, 0.2) is 0 Å². The van der Waals surface area contributed by atoms with Crippen molar-refractivity contribution >= 4 is 29.9 Å². The van der Waals surface area contributed by atoms with Crippen LogP contribution in [0.5, 0.6) is 0 Å². The standard InChI is InChI=1S/C10H24IP/c1-4-7-12(10-11,8-5-2)9-6-3/h12H,4-10H2,1-3H3. The molecular weight excluding hydrogens is 278 g/mol. The van der Waals surface area contributed by atoms with Crippen LogP contribution in [0, 0.1) is 0 Å². The molecule has 0 aromatic rings. The molecule has 0 aromatic heterocycles. The fraction of sp³-hybridized carbons (Fsp3) is 1.00. The molecule has 0 rings (SSSR count). The van der Waals surface area contributed by atoms with Gasteiger partial charge in [0.15, 0.2) is 0 Å². The molecule has 0 aromatic carbocycles. The molecule has 0 spiro atoms. The van der Waals surface area contributed by atoms with Crippen molar-refractivity contribution in [1.29, 1.82) is 0 Å². The van der Waals surface area contributed by atoms with Crippen LogP contribution in [0.25, 0.3) is 0 Å². The van der Waals surface area contributed by atoms with Gasteiger partial charge in [-0.3, -0.25) is 0 Å². The second kappa shape index (κ2) is 7.55. The average Bonchev–Trinajstić information content (AvgIpc) is 2.06. The third-order valence-corrected chi connectivity index (χ3v) is 12.7. The second-order valence-electron chi connectivity index (χ2n) is 3.88. The first-order valence-electron chi connectivity index (χ1n) is 5.30. The Bertz CT molecular complexity index is 87.0. The molecule has 0 radical (unpaired) electrons. The zero-order chi connectivity index (χ0) is 9.45. The summed E-state index contributed by atoms with van der Waals surface area (Å²) in [5.41, 5.74) is 0. The summed E-state index contributed by atoms with van der Waals surface area (Å²) in [6, 6.07) is 0. The summed E-state index contributed by atoms with van der Waals surface area (Å²) in [5.74, 6) is 0. The summed E-state index contributed by atoms with van der Waals surface area (Å²) in [6.07, 6.45) is 8.94. The number of rotatable bonds is 7. The fourth-order valence-corrected chi connectivity index (χ4v) is 9.93. The Hall–Kier alpha value is 1.16. The topological polar surface area (TPSA) is 0 Å². The molecule has 0 amide bonds. The van der Waals surface area contributed by atoms with Crippen LogP contribution >= 0.6 is 29.9 Å². The first-order valence-corrected chi connectivity index (χ1v) is 9.66. The normalized spacial score (nSPS) is 13.3. The SMILES string of the molecule is CCC[PH](CI)(CCC)CCC. The molecule has 0 atom stereocenters. The monoisotopic (exact) mass is 302 g/mol. The van der Waals surface area contributed by atoms with E-state index in [1.807, 2.05) is 0 Å². The van der Waals surface area contributed by atoms with Gasteiger partial charge in [-0.15, -0.1) is 0 Å². The van der Waals surface area contributed by atoms with E-state index in [1.165, 1.54) is 23.4 Å². The summed E-state index contributed by atoms with van der Waals surface area (Å²) < 4.78 is 1.49. The predicted octanol–water partition coefficient (Wildman–Crippen LogP) is 4.36. The number of hydrogen-bond acceptors (Lipinski definition) is 0. The Labute approximate surface area is 92.4 Å². The van der Waals surface area contributed by atoms with E-state index in [-0.39, 0.29) is 0 Å². The zero-order valence-corrected chi connectivity index (χ0v) is 12.0. The summed E-state index contributed by atoms with van der Waals surface area (Å²) >= 11 is 2.63. The molecule has 0 nitrogen and oxygen atoms in total. The Balaban J connectivity index is 4.06. The molecule has 0 saturated heterocycles. The quantitative estimate of drug-likeness (QED) is 0.372. The Morgan fingerprint density at radius 1 is 0.833 bits per heavy atom. The molecule has 0 fully saturated rings. The van der Waals surface area contributed by atoms with Crippen LogP contribution in [0.3, 0.4) is 0 Å². The molecule has 0 aliphatic carbocycles. The van der Waals surface area contributed by atoms with Gasteiger partial charge >= 0.3 is 92.5 Å². The predicted molar refractivity (Wildman–Crippen MR) is 72.7 cm³/mol. The average molecular weight is 302 g/mol. The van der Waals surface area contributed by atoms with Crippen molar-refractivity contribution in [2.75, 3.05) is 22.7 Å². The van der Waals surface area contributed by atoms with Crippen molar-refractivity contribution < 1.29 is 0 Å². The number of hydrogen-bond donors (Lipinski definition) is 0. The Morgan fingerprint density at radius 2 is 1.17 bits per heavy atom. The van der Waals surface area contributed by atoms with E-state index in [4.69, 9.17) is 0 Å². The molecule has 0 aliphatic heterocycles. The Morgan fingerprint density at radius 3 is 1.33 bits per heavy atom. The molecule has 2 heteroatoms. The molecule has 0 saturated carbocycles. The molecule has 76 valence electrons. The van der Waals surface area contributed by atoms with E-state index in [0.717, 1.165) is 0 Å². The zero-order valence-electron chi connectivity index (χ0n) is 8.83. The van der Waals surface area contributed by atoms with Gasteiger partial charge in [0.1, 0.15) is 0 Å². The van der Waals surface area contributed by atoms with Crippen LogP contribution in [-0.2, 0) is 0 Å². The second-order valence-corrected chi connectivity index (χ2v) is 10.9. The van der Waals surface area contributed by atoms with Crippen molar-refractivity contribution in [1.82, 2.24) is 0 Å². The molecular formula is C10H24IP. The van der Waals surface area contributed by atoms with Crippen LogP contribution in [0.4, 0.5) is 0 Å². The van der Waals surface area contributed by atoms with Crippen molar-refractivity contribution in [3.8, 4) is 0 Å². The van der Waals surface area contributed by atoms with E-state index in [9.17, 15) is 0 Å². The summed E-state index contributed by atoms with van der Waals surface area (Å²) in [4.78, 5) is 0. The van der Waals surface area contributed by atoms with Gasteiger partial charge in [-0.25, -0.2) is 0 Å². The minimum absolute atomic E-state index is 0.783. The van der Waals surface area contributed by atoms with Crippen LogP contribution in [-0.4, -0.2) is 22.7 Å². The van der Waals surface area contributed by atoms with Gasteiger partial charge in [0.25, 0.3) is 0 Å². The van der Waals surface area contributed by atoms with Gasteiger partial charge in [0.2, 0.25) is 0 Å². The van der Waals surface area contributed by atoms with E-state index in [2.05, 4.69) is 43.4 Å². The maximum atomic E-state index is 2.63.